The first-order valence-corrected chi connectivity index (χ1v) is 36.2. The number of carbonyl (C=O) groups is 17. The Morgan fingerprint density at radius 3 is 1.77 bits per heavy atom. The van der Waals surface area contributed by atoms with E-state index in [1.54, 1.807) is 42.8 Å². The van der Waals surface area contributed by atoms with Crippen LogP contribution >= 0.6 is 0 Å². The molecule has 1 aromatic heterocycles. The lowest BCUT2D eigenvalue weighted by molar-refractivity contribution is -0.143. The number of carbonyl (C=O) groups excluding carboxylic acids is 15. The number of nitrogens with zero attached hydrogens (tertiary/aromatic N) is 4. The summed E-state index contributed by atoms with van der Waals surface area (Å²) >= 11 is 0. The lowest BCUT2D eigenvalue weighted by Crippen LogP contribution is -2.62. The predicted molar refractivity (Wildman–Crippen MR) is 392 cm³/mol. The summed E-state index contributed by atoms with van der Waals surface area (Å²) in [7, 11) is 0. The number of aliphatic hydroxyl groups excluding tert-OH is 5. The Balaban J connectivity index is 1.40. The van der Waals surface area contributed by atoms with Crippen molar-refractivity contribution in [3.63, 3.8) is 0 Å². The second-order valence-electron chi connectivity index (χ2n) is 26.8. The highest BCUT2D eigenvalue weighted by Gasteiger charge is 2.42. The molecule has 112 heavy (non-hydrogen) atoms. The second-order valence-corrected chi connectivity index (χ2v) is 26.8. The van der Waals surface area contributed by atoms with Crippen LogP contribution in [0.3, 0.4) is 0 Å². The van der Waals surface area contributed by atoms with Gasteiger partial charge in [0.25, 0.3) is 0 Å². The minimum Gasteiger partial charge on any atom is -0.480 e. The number of guanidine groups is 1. The number of carboxylic acid groups (broad SMARTS) is 2. The third-order valence-corrected chi connectivity index (χ3v) is 18.1. The standard InChI is InChI=1S/C69H101N19O24/c1-36(94)49(31-89)82-64(108)51(33-91)83-61(105)45(17-7-8-22-87(29-56(98)99)30-57(100)101)78-63(107)50(32-90)84-65(109)52(34-92)85-66(110)53(35-93)86-67(111)54-19-11-23-88(54)68(112)48-26-40(96)13-3-5-16-43(76-37(2)95)59(103)80-47(25-39-12-9-20-72-39)58(102)75-28-55(97)77-44(18-10-21-73-69(70)71)60(104)79-46(62(106)81-48)24-38-27-74-42-15-6-4-14-41(38)42/h4,6,12,14-15,20,27,43-54,74,89-93H,3,5,7-11,13,16-19,21-26,28-35H2,1-2H3,(H,75,102)(H,76,95)(H,77,97)(H,78,107)(H,79,104)(H,80,103)(H,81,106)(H,82,108)(H,83,105)(H,84,109)(H,85,110)(H,86,111)(H,98,99)(H,100,101)(H4,70,71,73)/t43-,44-,45-,46-,47-,48-,49-,50-,51-,52-,53-,54-/m0/s1. The number of carboxylic acids is 2. The summed E-state index contributed by atoms with van der Waals surface area (Å²) in [5.41, 5.74) is 12.6. The number of aliphatic hydroxyl groups is 5. The van der Waals surface area contributed by atoms with Crippen molar-refractivity contribution in [2.75, 3.05) is 72.3 Å². The largest absolute Gasteiger partial charge is 0.480 e. The fourth-order valence-electron chi connectivity index (χ4n) is 12.3. The molecule has 3 aliphatic rings. The van der Waals surface area contributed by atoms with Crippen molar-refractivity contribution < 1.29 is 117 Å². The van der Waals surface area contributed by atoms with Crippen LogP contribution < -0.4 is 75.3 Å². The number of aromatic nitrogens is 1. The number of benzene rings is 1. The molecule has 0 saturated carbocycles. The zero-order valence-electron chi connectivity index (χ0n) is 61.9. The number of fused-ring (bicyclic) bond motifs is 1. The number of para-hydroxylation sites is 1. The van der Waals surface area contributed by atoms with Gasteiger partial charge in [0.05, 0.1) is 52.7 Å². The van der Waals surface area contributed by atoms with E-state index in [4.69, 9.17) is 11.5 Å². The number of rotatable bonds is 37. The highest BCUT2D eigenvalue weighted by atomic mass is 16.4. The molecule has 616 valence electrons. The van der Waals surface area contributed by atoms with Gasteiger partial charge < -0.3 is 121 Å². The second kappa shape index (κ2) is 46.3. The molecule has 13 amide bonds. The van der Waals surface area contributed by atoms with Gasteiger partial charge in [0, 0.05) is 81.1 Å². The van der Waals surface area contributed by atoms with Crippen LogP contribution in [0.15, 0.2) is 52.2 Å². The average molecular weight is 1580 g/mol. The zero-order chi connectivity index (χ0) is 82.7. The van der Waals surface area contributed by atoms with Gasteiger partial charge in [0.1, 0.15) is 78.3 Å². The zero-order valence-corrected chi connectivity index (χ0v) is 61.9. The molecular formula is C69H101N19O24. The summed E-state index contributed by atoms with van der Waals surface area (Å²) in [6.45, 7) is -6.03. The average Bonchev–Trinajstić information content (AvgIpc) is 1.55. The molecular weight excluding hydrogens is 1480 g/mol. The van der Waals surface area contributed by atoms with E-state index in [1.807, 2.05) is 0 Å². The Bertz CT molecular complexity index is 3790. The number of likely N-dealkylation sites (tertiary alicyclic amines) is 1. The van der Waals surface area contributed by atoms with Gasteiger partial charge in [-0.3, -0.25) is 96.4 Å². The van der Waals surface area contributed by atoms with E-state index >= 15 is 9.59 Å². The smallest absolute Gasteiger partial charge is 0.317 e. The van der Waals surface area contributed by atoms with Gasteiger partial charge in [-0.1, -0.05) is 30.7 Å². The lowest BCUT2D eigenvalue weighted by atomic mass is 9.99. The van der Waals surface area contributed by atoms with E-state index in [0.29, 0.717) is 28.6 Å². The molecule has 0 aliphatic carbocycles. The first-order chi connectivity index (χ1) is 53.3. The first-order valence-electron chi connectivity index (χ1n) is 36.2. The summed E-state index contributed by atoms with van der Waals surface area (Å²) in [6.07, 6.45) is 3.21. The normalized spacial score (nSPS) is 20.5. The minimum atomic E-state index is -2.05. The molecule has 5 rings (SSSR count). The summed E-state index contributed by atoms with van der Waals surface area (Å²) in [5, 5.41) is 98.6. The molecule has 1 aromatic carbocycles. The molecule has 3 aliphatic heterocycles. The molecule has 0 unspecified atom stereocenters. The highest BCUT2D eigenvalue weighted by molar-refractivity contribution is 6.01. The van der Waals surface area contributed by atoms with Crippen molar-refractivity contribution in [3.05, 3.63) is 47.8 Å². The number of Topliss-reactive ketones (excluding diaryl/α,β-unsaturated/α-hetero) is 2. The number of aromatic amines is 1. The Kier molecular flexibility index (Phi) is 37.7. The van der Waals surface area contributed by atoms with Crippen LogP contribution in [0.5, 0.6) is 0 Å². The highest BCUT2D eigenvalue weighted by Crippen LogP contribution is 2.23. The van der Waals surface area contributed by atoms with Crippen LogP contribution in [-0.4, -0.2) is 308 Å². The van der Waals surface area contributed by atoms with Crippen LogP contribution in [0.1, 0.15) is 109 Å². The number of aliphatic carboxylic acids is 2. The maximum atomic E-state index is 15.2. The van der Waals surface area contributed by atoms with Gasteiger partial charge in [-0.05, 0) is 82.9 Å². The van der Waals surface area contributed by atoms with Crippen LogP contribution in [-0.2, 0) is 87.9 Å². The van der Waals surface area contributed by atoms with Gasteiger partial charge in [-0.2, -0.15) is 0 Å². The van der Waals surface area contributed by atoms with Crippen molar-refractivity contribution in [2.45, 2.75) is 183 Å². The van der Waals surface area contributed by atoms with Crippen molar-refractivity contribution in [3.8, 4) is 0 Å². The third-order valence-electron chi connectivity index (χ3n) is 18.1. The van der Waals surface area contributed by atoms with Gasteiger partial charge in [0.2, 0.25) is 76.8 Å². The summed E-state index contributed by atoms with van der Waals surface area (Å²) in [6, 6.07) is -13.2. The summed E-state index contributed by atoms with van der Waals surface area (Å²) < 4.78 is 0. The molecule has 2 saturated heterocycles. The number of ketones is 2. The molecule has 0 radical (unpaired) electrons. The van der Waals surface area contributed by atoms with E-state index in [2.05, 4.69) is 78.8 Å². The minimum absolute atomic E-state index is 0.00941. The SMILES string of the molecule is CC(=O)N[C@H]1CCCCC(=O)C[C@@H](C(=O)N2CCC[C@H]2C(=O)N[C@@H](CO)C(=O)N[C@@H](CO)C(=O)N[C@@H](CO)C(=O)N[C@@H](CCCCN(CC(=O)O)CC(=O)O)C(=O)N[C@@H](CO)C(=O)N[C@@H](CO)C(C)=O)NC(=O)[C@H](Cc2c[nH]c3ccccc23)NC(=O)[C@H](CCCN=C(N)N)NC(=O)CNC(=O)[C@H](CC2=CCC=N2)NC1=O. The Hall–Kier alpha value is -11.4. The van der Waals surface area contributed by atoms with Crippen molar-refractivity contribution in [1.29, 1.82) is 0 Å². The number of unbranched alkanes of at least 4 members (excludes halogenated alkanes) is 1. The maximum absolute atomic E-state index is 15.2. The fourth-order valence-corrected chi connectivity index (χ4v) is 12.3. The van der Waals surface area contributed by atoms with E-state index in [-0.39, 0.29) is 109 Å². The number of nitrogens with one attached hydrogen (secondary N) is 13. The number of nitrogens with two attached hydrogens (primary N) is 2. The molecule has 43 nitrogen and oxygen atoms in total. The van der Waals surface area contributed by atoms with Gasteiger partial charge in [-0.25, -0.2) is 0 Å². The number of hydrogen-bond acceptors (Lipinski definition) is 25. The molecule has 0 spiro atoms. The molecule has 2 fully saturated rings. The monoisotopic (exact) mass is 1580 g/mol. The molecule has 0 bridgehead atoms. The molecule has 43 heteroatoms. The Morgan fingerprint density at radius 2 is 1.20 bits per heavy atom. The summed E-state index contributed by atoms with van der Waals surface area (Å²) in [5.74, 6) is -18.1. The van der Waals surface area contributed by atoms with Crippen LogP contribution in [0.4, 0.5) is 0 Å². The van der Waals surface area contributed by atoms with Crippen molar-refractivity contribution in [1.82, 2.24) is 78.6 Å². The topological polar surface area (TPSA) is 675 Å². The van der Waals surface area contributed by atoms with Gasteiger partial charge in [0.15, 0.2) is 11.7 Å². The van der Waals surface area contributed by atoms with Crippen molar-refractivity contribution >= 4 is 123 Å². The fraction of sp³-hybridized carbons (Fsp3) is 0.580. The number of amides is 13. The maximum Gasteiger partial charge on any atom is 0.317 e. The number of hydrogen-bond donors (Lipinski definition) is 22. The van der Waals surface area contributed by atoms with E-state index in [9.17, 15) is 108 Å². The number of allylic oxidation sites excluding steroid dienone is 1. The van der Waals surface area contributed by atoms with Crippen LogP contribution in [0.25, 0.3) is 10.9 Å². The van der Waals surface area contributed by atoms with E-state index in [1.165, 1.54) is 0 Å². The molecule has 12 atom stereocenters. The quantitative estimate of drug-likeness (QED) is 0.0170. The lowest BCUT2D eigenvalue weighted by Gasteiger charge is -2.31. The third kappa shape index (κ3) is 29.8. The number of H-pyrrole nitrogens is 1. The van der Waals surface area contributed by atoms with E-state index < -0.39 is 232 Å². The summed E-state index contributed by atoms with van der Waals surface area (Å²) in [4.78, 5) is 244. The van der Waals surface area contributed by atoms with Gasteiger partial charge in [-0.15, -0.1) is 0 Å². The Morgan fingerprint density at radius 1 is 0.634 bits per heavy atom. The van der Waals surface area contributed by atoms with Crippen LogP contribution in [0, 0.1) is 0 Å². The Labute approximate surface area is 641 Å². The molecule has 24 N–H and O–H groups in total. The van der Waals surface area contributed by atoms with Crippen LogP contribution in [0.2, 0.25) is 0 Å². The van der Waals surface area contributed by atoms with Crippen molar-refractivity contribution in [2.24, 2.45) is 21.5 Å². The predicted octanol–water partition coefficient (Wildman–Crippen LogP) is -9.30. The molecule has 4 heterocycles. The van der Waals surface area contributed by atoms with E-state index in [0.717, 1.165) is 23.6 Å². The van der Waals surface area contributed by atoms with Gasteiger partial charge >= 0.3 is 11.9 Å². The number of aliphatic imine (C=N–C) groups is 2. The first kappa shape index (κ1) is 91.2. The molecule has 2 aromatic rings.